The van der Waals surface area contributed by atoms with Crippen molar-refractivity contribution in [1.29, 1.82) is 0 Å². The van der Waals surface area contributed by atoms with Gasteiger partial charge in [-0.15, -0.1) is 0 Å². The zero-order chi connectivity index (χ0) is 15.6. The number of likely N-dealkylation sites (tertiary alicyclic amines) is 1. The van der Waals surface area contributed by atoms with E-state index >= 15 is 0 Å². The summed E-state index contributed by atoms with van der Waals surface area (Å²) in [5.41, 5.74) is -1.16. The number of rotatable bonds is 2. The van der Waals surface area contributed by atoms with Crippen LogP contribution in [-0.2, 0) is 11.0 Å². The molecular weight excluding hydrogens is 305 g/mol. The molecule has 1 N–H and O–H groups in total. The van der Waals surface area contributed by atoms with E-state index in [4.69, 9.17) is 11.6 Å². The van der Waals surface area contributed by atoms with E-state index in [1.807, 2.05) is 7.05 Å². The molecule has 1 aliphatic heterocycles. The first-order valence-electron chi connectivity index (χ1n) is 6.63. The fourth-order valence-electron chi connectivity index (χ4n) is 2.37. The van der Waals surface area contributed by atoms with Crippen LogP contribution in [0.25, 0.3) is 0 Å². The minimum absolute atomic E-state index is 0.0142. The zero-order valence-corrected chi connectivity index (χ0v) is 12.3. The van der Waals surface area contributed by atoms with Gasteiger partial charge in [0.2, 0.25) is 5.91 Å². The minimum Gasteiger partial charge on any atom is -0.325 e. The van der Waals surface area contributed by atoms with E-state index in [2.05, 4.69) is 10.2 Å². The van der Waals surface area contributed by atoms with E-state index < -0.39 is 11.7 Å². The number of piperidine rings is 1. The maximum absolute atomic E-state index is 13.0. The highest BCUT2D eigenvalue weighted by atomic mass is 35.5. The Balaban J connectivity index is 2.14. The van der Waals surface area contributed by atoms with Gasteiger partial charge >= 0.3 is 6.18 Å². The quantitative estimate of drug-likeness (QED) is 0.902. The molecule has 0 bridgehead atoms. The molecule has 0 aliphatic carbocycles. The SMILES string of the molecule is CN1CCC(C(=O)Nc2ccc(Cl)cc2C(F)(F)F)CC1. The van der Waals surface area contributed by atoms with Crippen LogP contribution >= 0.6 is 11.6 Å². The van der Waals surface area contributed by atoms with Crippen molar-refractivity contribution in [3.63, 3.8) is 0 Å². The van der Waals surface area contributed by atoms with Crippen LogP contribution in [0.4, 0.5) is 18.9 Å². The standard InChI is InChI=1S/C14H16ClF3N2O/c1-20-6-4-9(5-7-20)13(21)19-12-3-2-10(15)8-11(12)14(16,17)18/h2-3,8-9H,4-7H2,1H3,(H,19,21). The molecule has 1 aromatic rings. The summed E-state index contributed by atoms with van der Waals surface area (Å²) in [6.45, 7) is 1.54. The molecule has 0 atom stereocenters. The molecule has 2 rings (SSSR count). The van der Waals surface area contributed by atoms with Crippen LogP contribution in [0, 0.1) is 5.92 Å². The molecule has 7 heteroatoms. The van der Waals surface area contributed by atoms with Gasteiger partial charge in [0.1, 0.15) is 0 Å². The molecule has 1 heterocycles. The lowest BCUT2D eigenvalue weighted by molar-refractivity contribution is -0.137. The topological polar surface area (TPSA) is 32.3 Å². The largest absolute Gasteiger partial charge is 0.418 e. The second kappa shape index (κ2) is 6.23. The van der Waals surface area contributed by atoms with Crippen molar-refractivity contribution in [1.82, 2.24) is 4.90 Å². The molecule has 1 saturated heterocycles. The van der Waals surface area contributed by atoms with Crippen LogP contribution in [0.3, 0.4) is 0 Å². The summed E-state index contributed by atoms with van der Waals surface area (Å²) in [5, 5.41) is 2.38. The Kier molecular flexibility index (Phi) is 4.78. The Morgan fingerprint density at radius 3 is 2.52 bits per heavy atom. The van der Waals surface area contributed by atoms with Crippen LogP contribution in [-0.4, -0.2) is 30.9 Å². The first-order chi connectivity index (χ1) is 9.77. The molecule has 0 saturated carbocycles. The third kappa shape index (κ3) is 4.11. The number of anilines is 1. The number of carbonyl (C=O) groups excluding carboxylic acids is 1. The lowest BCUT2D eigenvalue weighted by Gasteiger charge is -2.28. The maximum Gasteiger partial charge on any atom is 0.418 e. The second-order valence-electron chi connectivity index (χ2n) is 5.25. The monoisotopic (exact) mass is 320 g/mol. The maximum atomic E-state index is 13.0. The molecule has 1 fully saturated rings. The van der Waals surface area contributed by atoms with Gasteiger partial charge in [-0.1, -0.05) is 11.6 Å². The molecule has 116 valence electrons. The average molecular weight is 321 g/mol. The van der Waals surface area contributed by atoms with Crippen LogP contribution in [0.2, 0.25) is 5.02 Å². The summed E-state index contributed by atoms with van der Waals surface area (Å²) in [5.74, 6) is -0.617. The van der Waals surface area contributed by atoms with Gasteiger partial charge in [-0.2, -0.15) is 13.2 Å². The van der Waals surface area contributed by atoms with E-state index in [1.54, 1.807) is 0 Å². The summed E-state index contributed by atoms with van der Waals surface area (Å²) in [6, 6.07) is 3.35. The lowest BCUT2D eigenvalue weighted by atomic mass is 9.96. The number of alkyl halides is 3. The van der Waals surface area contributed by atoms with Crippen molar-refractivity contribution in [3.8, 4) is 0 Å². The van der Waals surface area contributed by atoms with E-state index in [9.17, 15) is 18.0 Å². The Labute approximate surface area is 126 Å². The van der Waals surface area contributed by atoms with E-state index in [0.29, 0.717) is 12.8 Å². The summed E-state index contributed by atoms with van der Waals surface area (Å²) in [4.78, 5) is 14.2. The van der Waals surface area contributed by atoms with E-state index in [1.165, 1.54) is 12.1 Å². The molecule has 0 unspecified atom stereocenters. The van der Waals surface area contributed by atoms with Crippen molar-refractivity contribution in [2.75, 3.05) is 25.5 Å². The smallest absolute Gasteiger partial charge is 0.325 e. The highest BCUT2D eigenvalue weighted by Gasteiger charge is 2.35. The third-order valence-corrected chi connectivity index (χ3v) is 3.87. The first kappa shape index (κ1) is 16.1. The fourth-order valence-corrected chi connectivity index (χ4v) is 2.54. The molecule has 1 aromatic carbocycles. The first-order valence-corrected chi connectivity index (χ1v) is 7.01. The number of nitrogens with zero attached hydrogens (tertiary/aromatic N) is 1. The van der Waals surface area contributed by atoms with E-state index in [0.717, 1.165) is 19.2 Å². The van der Waals surface area contributed by atoms with Crippen LogP contribution in [0.1, 0.15) is 18.4 Å². The van der Waals surface area contributed by atoms with Crippen LogP contribution < -0.4 is 5.32 Å². The van der Waals surface area contributed by atoms with Crippen molar-refractivity contribution in [3.05, 3.63) is 28.8 Å². The third-order valence-electron chi connectivity index (χ3n) is 3.63. The number of nitrogens with one attached hydrogen (secondary N) is 1. The van der Waals surface area contributed by atoms with E-state index in [-0.39, 0.29) is 22.5 Å². The number of carbonyl (C=O) groups is 1. The average Bonchev–Trinajstić information content (AvgIpc) is 2.40. The molecule has 0 radical (unpaired) electrons. The molecule has 0 spiro atoms. The highest BCUT2D eigenvalue weighted by Crippen LogP contribution is 2.36. The Morgan fingerprint density at radius 2 is 1.95 bits per heavy atom. The molecule has 1 amide bonds. The van der Waals surface area contributed by atoms with Crippen molar-refractivity contribution < 1.29 is 18.0 Å². The summed E-state index contributed by atoms with van der Waals surface area (Å²) >= 11 is 5.61. The highest BCUT2D eigenvalue weighted by molar-refractivity contribution is 6.30. The summed E-state index contributed by atoms with van der Waals surface area (Å²) < 4.78 is 38.9. The fraction of sp³-hybridized carbons (Fsp3) is 0.500. The van der Waals surface area contributed by atoms with Gasteiger partial charge in [0, 0.05) is 10.9 Å². The Bertz CT molecular complexity index is 525. The Hall–Kier alpha value is -1.27. The van der Waals surface area contributed by atoms with Crippen molar-refractivity contribution >= 4 is 23.2 Å². The number of amides is 1. The molecule has 21 heavy (non-hydrogen) atoms. The van der Waals surface area contributed by atoms with Gasteiger partial charge in [0.05, 0.1) is 11.3 Å². The number of hydrogen-bond acceptors (Lipinski definition) is 2. The van der Waals surface area contributed by atoms with Gasteiger partial charge in [-0.3, -0.25) is 4.79 Å². The number of benzene rings is 1. The molecular formula is C14H16ClF3N2O. The van der Waals surface area contributed by atoms with Gasteiger partial charge < -0.3 is 10.2 Å². The molecule has 0 aromatic heterocycles. The summed E-state index contributed by atoms with van der Waals surface area (Å²) in [7, 11) is 1.95. The lowest BCUT2D eigenvalue weighted by Crippen LogP contribution is -2.36. The van der Waals surface area contributed by atoms with Gasteiger partial charge in [0.25, 0.3) is 0 Å². The van der Waals surface area contributed by atoms with Crippen LogP contribution in [0.15, 0.2) is 18.2 Å². The van der Waals surface area contributed by atoms with Gasteiger partial charge in [-0.05, 0) is 51.2 Å². The predicted molar refractivity (Wildman–Crippen MR) is 75.3 cm³/mol. The number of halogens is 4. The molecule has 3 nitrogen and oxygen atoms in total. The van der Waals surface area contributed by atoms with Crippen molar-refractivity contribution in [2.45, 2.75) is 19.0 Å². The van der Waals surface area contributed by atoms with Crippen molar-refractivity contribution in [2.24, 2.45) is 5.92 Å². The van der Waals surface area contributed by atoms with Gasteiger partial charge in [-0.25, -0.2) is 0 Å². The van der Waals surface area contributed by atoms with Crippen LogP contribution in [0.5, 0.6) is 0 Å². The zero-order valence-electron chi connectivity index (χ0n) is 11.5. The minimum atomic E-state index is -4.56. The normalized spacial score (nSPS) is 17.8. The van der Waals surface area contributed by atoms with Gasteiger partial charge in [0.15, 0.2) is 0 Å². The predicted octanol–water partition coefficient (Wildman–Crippen LogP) is 3.64. The Morgan fingerprint density at radius 1 is 1.33 bits per heavy atom. The molecule has 1 aliphatic rings. The summed E-state index contributed by atoms with van der Waals surface area (Å²) in [6.07, 6.45) is -3.26. The second-order valence-corrected chi connectivity index (χ2v) is 5.69. The number of hydrogen-bond donors (Lipinski definition) is 1.